The van der Waals surface area contributed by atoms with Crippen molar-refractivity contribution < 1.29 is 14.4 Å². The molecule has 7 nitrogen and oxygen atoms in total. The van der Waals surface area contributed by atoms with Gasteiger partial charge in [0.15, 0.2) is 5.78 Å². The van der Waals surface area contributed by atoms with Crippen LogP contribution in [-0.2, 0) is 9.59 Å². The normalized spacial score (nSPS) is 13.7. The monoisotopic (exact) mass is 286 g/mol. The summed E-state index contributed by atoms with van der Waals surface area (Å²) < 4.78 is 0. The number of Topliss-reactive ketones (excluding diaryl/α,β-unsaturated/α-hetero) is 1. The van der Waals surface area contributed by atoms with Crippen LogP contribution in [0.15, 0.2) is 0 Å². The molecule has 0 radical (unpaired) electrons. The van der Waals surface area contributed by atoms with E-state index in [4.69, 9.17) is 5.73 Å². The summed E-state index contributed by atoms with van der Waals surface area (Å²) in [6.45, 7) is 5.69. The predicted octanol–water partition coefficient (Wildman–Crippen LogP) is -0.247. The highest BCUT2D eigenvalue weighted by atomic mass is 16.2. The fraction of sp³-hybridized carbons (Fsp3) is 0.769. The Labute approximate surface area is 120 Å². The molecule has 0 aromatic heterocycles. The molecular formula is C13H26N4O3. The van der Waals surface area contributed by atoms with Crippen molar-refractivity contribution in [3.8, 4) is 0 Å². The second-order valence-electron chi connectivity index (χ2n) is 5.12. The van der Waals surface area contributed by atoms with Gasteiger partial charge in [-0.2, -0.15) is 0 Å². The molecule has 0 aliphatic rings. The fourth-order valence-corrected chi connectivity index (χ4v) is 1.92. The largest absolute Gasteiger partial charge is 0.352 e. The van der Waals surface area contributed by atoms with Crippen molar-refractivity contribution in [3.63, 3.8) is 0 Å². The van der Waals surface area contributed by atoms with Crippen molar-refractivity contribution in [2.75, 3.05) is 13.6 Å². The van der Waals surface area contributed by atoms with Gasteiger partial charge in [-0.05, 0) is 32.7 Å². The minimum absolute atomic E-state index is 0.101. The number of carbonyl (C=O) groups is 3. The highest BCUT2D eigenvalue weighted by molar-refractivity contribution is 5.89. The van der Waals surface area contributed by atoms with Crippen LogP contribution < -0.4 is 21.7 Å². The Hall–Kier alpha value is -1.63. The molecule has 5 N–H and O–H groups in total. The van der Waals surface area contributed by atoms with Crippen LogP contribution in [0, 0.1) is 5.92 Å². The Kier molecular flexibility index (Phi) is 8.54. The van der Waals surface area contributed by atoms with Gasteiger partial charge in [-0.3, -0.25) is 9.59 Å². The summed E-state index contributed by atoms with van der Waals surface area (Å²) >= 11 is 0. The van der Waals surface area contributed by atoms with Crippen molar-refractivity contribution in [3.05, 3.63) is 0 Å². The number of nitrogens with one attached hydrogen (secondary N) is 3. The second kappa shape index (κ2) is 9.30. The Bertz CT molecular complexity index is 345. The smallest absolute Gasteiger partial charge is 0.312 e. The third-order valence-electron chi connectivity index (χ3n) is 3.04. The maximum atomic E-state index is 12.1. The van der Waals surface area contributed by atoms with Gasteiger partial charge < -0.3 is 21.7 Å². The molecule has 0 aromatic rings. The molecule has 2 atom stereocenters. The average Bonchev–Trinajstić information content (AvgIpc) is 2.32. The van der Waals surface area contributed by atoms with E-state index < -0.39 is 12.1 Å². The van der Waals surface area contributed by atoms with Crippen molar-refractivity contribution in [2.45, 2.75) is 45.7 Å². The summed E-state index contributed by atoms with van der Waals surface area (Å²) in [6.07, 6.45) is 1.04. The number of urea groups is 1. The molecule has 116 valence electrons. The first kappa shape index (κ1) is 18.4. The van der Waals surface area contributed by atoms with E-state index in [1.54, 1.807) is 7.05 Å². The highest BCUT2D eigenvalue weighted by Crippen LogP contribution is 2.04. The number of primary amides is 1. The topological polar surface area (TPSA) is 113 Å². The zero-order valence-corrected chi connectivity index (χ0v) is 12.7. The average molecular weight is 286 g/mol. The van der Waals surface area contributed by atoms with Crippen LogP contribution in [0.1, 0.15) is 33.6 Å². The number of hydrogen-bond donors (Lipinski definition) is 4. The quantitative estimate of drug-likeness (QED) is 0.438. The molecule has 3 amide bonds. The maximum Gasteiger partial charge on any atom is 0.312 e. The van der Waals surface area contributed by atoms with Gasteiger partial charge in [0.1, 0.15) is 0 Å². The molecule has 0 aliphatic carbocycles. The lowest BCUT2D eigenvalue weighted by Gasteiger charge is -2.23. The highest BCUT2D eigenvalue weighted by Gasteiger charge is 2.24. The van der Waals surface area contributed by atoms with Gasteiger partial charge in [0.25, 0.3) is 0 Å². The van der Waals surface area contributed by atoms with E-state index in [0.29, 0.717) is 19.4 Å². The summed E-state index contributed by atoms with van der Waals surface area (Å²) in [6, 6.07) is -1.46. The van der Waals surface area contributed by atoms with Gasteiger partial charge in [-0.1, -0.05) is 13.8 Å². The summed E-state index contributed by atoms with van der Waals surface area (Å²) in [5.74, 6) is -0.161. The molecule has 0 fully saturated rings. The van der Waals surface area contributed by atoms with Gasteiger partial charge in [0.05, 0.1) is 12.1 Å². The third kappa shape index (κ3) is 7.08. The van der Waals surface area contributed by atoms with Gasteiger partial charge >= 0.3 is 6.03 Å². The molecule has 0 saturated carbocycles. The molecule has 0 rings (SSSR count). The lowest BCUT2D eigenvalue weighted by atomic mass is 10.0. The maximum absolute atomic E-state index is 12.1. The minimum Gasteiger partial charge on any atom is -0.352 e. The lowest BCUT2D eigenvalue weighted by Crippen LogP contribution is -2.51. The van der Waals surface area contributed by atoms with E-state index in [-0.39, 0.29) is 23.7 Å². The van der Waals surface area contributed by atoms with E-state index in [1.165, 1.54) is 6.92 Å². The number of nitrogens with two attached hydrogens (primary N) is 1. The zero-order valence-electron chi connectivity index (χ0n) is 12.7. The first-order valence-electron chi connectivity index (χ1n) is 6.81. The molecule has 20 heavy (non-hydrogen) atoms. The third-order valence-corrected chi connectivity index (χ3v) is 3.04. The summed E-state index contributed by atoms with van der Waals surface area (Å²) in [4.78, 5) is 34.1. The van der Waals surface area contributed by atoms with Crippen LogP contribution in [0.25, 0.3) is 0 Å². The first-order chi connectivity index (χ1) is 9.29. The number of hydrogen-bond acceptors (Lipinski definition) is 4. The molecule has 0 heterocycles. The number of ketones is 1. The van der Waals surface area contributed by atoms with Gasteiger partial charge in [0, 0.05) is 6.54 Å². The second-order valence-corrected chi connectivity index (χ2v) is 5.12. The van der Waals surface area contributed by atoms with Gasteiger partial charge in [-0.25, -0.2) is 4.79 Å². The zero-order chi connectivity index (χ0) is 15.7. The fourth-order valence-electron chi connectivity index (χ4n) is 1.92. The van der Waals surface area contributed by atoms with Crippen molar-refractivity contribution in [1.82, 2.24) is 16.0 Å². The van der Waals surface area contributed by atoms with E-state index in [9.17, 15) is 14.4 Å². The Balaban J connectivity index is 4.36. The van der Waals surface area contributed by atoms with E-state index >= 15 is 0 Å². The Morgan fingerprint density at radius 3 is 2.20 bits per heavy atom. The van der Waals surface area contributed by atoms with Crippen LogP contribution in [-0.4, -0.2) is 43.4 Å². The standard InChI is InChI=1S/C13H26N4O3/c1-8(2)11(15-4)12(19)17-10(9(3)18)6-5-7-16-13(14)20/h8,10-11,15H,5-7H2,1-4H3,(H,17,19)(H3,14,16,20)/t10?,11-/m0/s1. The molecular weight excluding hydrogens is 260 g/mol. The minimum atomic E-state index is -0.594. The van der Waals surface area contributed by atoms with Crippen LogP contribution >= 0.6 is 0 Å². The predicted molar refractivity (Wildman–Crippen MR) is 77.1 cm³/mol. The molecule has 0 saturated heterocycles. The summed E-state index contributed by atoms with van der Waals surface area (Å²) in [5, 5.41) is 8.12. The summed E-state index contributed by atoms with van der Waals surface area (Å²) in [7, 11) is 1.71. The number of likely N-dealkylation sites (N-methyl/N-ethyl adjacent to an activating group) is 1. The molecule has 0 aliphatic heterocycles. The number of carbonyl (C=O) groups excluding carboxylic acids is 3. The molecule has 0 aromatic carbocycles. The first-order valence-corrected chi connectivity index (χ1v) is 6.81. The molecule has 0 spiro atoms. The van der Waals surface area contributed by atoms with E-state index in [2.05, 4.69) is 16.0 Å². The molecule has 0 bridgehead atoms. The Morgan fingerprint density at radius 1 is 1.20 bits per heavy atom. The van der Waals surface area contributed by atoms with Crippen LogP contribution in [0.3, 0.4) is 0 Å². The van der Waals surface area contributed by atoms with Crippen molar-refractivity contribution in [2.24, 2.45) is 11.7 Å². The van der Waals surface area contributed by atoms with Crippen molar-refractivity contribution >= 4 is 17.7 Å². The number of rotatable bonds is 9. The molecule has 1 unspecified atom stereocenters. The van der Waals surface area contributed by atoms with Gasteiger partial charge in [0.2, 0.25) is 5.91 Å². The van der Waals surface area contributed by atoms with Crippen LogP contribution in [0.5, 0.6) is 0 Å². The van der Waals surface area contributed by atoms with E-state index in [1.807, 2.05) is 13.8 Å². The summed E-state index contributed by atoms with van der Waals surface area (Å²) in [5.41, 5.74) is 4.95. The van der Waals surface area contributed by atoms with Crippen molar-refractivity contribution in [1.29, 1.82) is 0 Å². The Morgan fingerprint density at radius 2 is 1.80 bits per heavy atom. The molecule has 7 heteroatoms. The lowest BCUT2D eigenvalue weighted by molar-refractivity contribution is -0.129. The SMILES string of the molecule is CN[C@H](C(=O)NC(CCCNC(N)=O)C(C)=O)C(C)C. The van der Waals surface area contributed by atoms with Crippen LogP contribution in [0.2, 0.25) is 0 Å². The van der Waals surface area contributed by atoms with E-state index in [0.717, 1.165) is 0 Å². The number of amides is 3. The van der Waals surface area contributed by atoms with Crippen LogP contribution in [0.4, 0.5) is 4.79 Å². The van der Waals surface area contributed by atoms with Gasteiger partial charge in [-0.15, -0.1) is 0 Å².